The van der Waals surface area contributed by atoms with Crippen molar-refractivity contribution in [2.24, 2.45) is 0 Å². The summed E-state index contributed by atoms with van der Waals surface area (Å²) < 4.78 is 13.0. The average Bonchev–Trinajstić information content (AvgIpc) is 2.09. The number of aliphatic hydroxyl groups is 1. The average molecular weight is 233 g/mol. The van der Waals surface area contributed by atoms with E-state index < -0.39 is 11.9 Å². The van der Waals surface area contributed by atoms with Crippen molar-refractivity contribution in [2.45, 2.75) is 13.0 Å². The Hall–Kier alpha value is -1.00. The van der Waals surface area contributed by atoms with E-state index in [1.807, 2.05) is 0 Å². The predicted molar refractivity (Wildman–Crippen MR) is 60.8 cm³/mol. The molecular formula is C10H14ClFN2O. The second-order valence-corrected chi connectivity index (χ2v) is 3.96. The molecule has 0 bridgehead atoms. The zero-order valence-electron chi connectivity index (χ0n) is 8.67. The number of nitrogens with zero attached hydrogens (tertiary/aromatic N) is 1. The van der Waals surface area contributed by atoms with Crippen LogP contribution in [-0.4, -0.2) is 24.8 Å². The summed E-state index contributed by atoms with van der Waals surface area (Å²) in [6.45, 7) is 2.07. The van der Waals surface area contributed by atoms with Gasteiger partial charge >= 0.3 is 0 Å². The van der Waals surface area contributed by atoms with Crippen molar-refractivity contribution in [1.29, 1.82) is 0 Å². The van der Waals surface area contributed by atoms with Crippen molar-refractivity contribution in [2.75, 3.05) is 24.2 Å². The van der Waals surface area contributed by atoms with Crippen LogP contribution in [0.25, 0.3) is 0 Å². The van der Waals surface area contributed by atoms with E-state index in [1.54, 1.807) is 18.9 Å². The summed E-state index contributed by atoms with van der Waals surface area (Å²) in [5, 5.41) is 9.23. The van der Waals surface area contributed by atoms with Gasteiger partial charge in [0.15, 0.2) is 0 Å². The lowest BCUT2D eigenvalue weighted by atomic mass is 10.2. The van der Waals surface area contributed by atoms with Crippen LogP contribution in [0.4, 0.5) is 15.8 Å². The Labute approximate surface area is 93.3 Å². The molecule has 1 aromatic carbocycles. The van der Waals surface area contributed by atoms with Gasteiger partial charge in [-0.05, 0) is 13.0 Å². The summed E-state index contributed by atoms with van der Waals surface area (Å²) >= 11 is 5.65. The first kappa shape index (κ1) is 12.1. The first-order chi connectivity index (χ1) is 6.91. The highest BCUT2D eigenvalue weighted by Crippen LogP contribution is 2.28. The Morgan fingerprint density at radius 3 is 2.73 bits per heavy atom. The number of nitrogen functional groups attached to an aromatic ring is 1. The maximum absolute atomic E-state index is 13.0. The Morgan fingerprint density at radius 1 is 1.60 bits per heavy atom. The Bertz CT molecular complexity index is 358. The molecule has 5 heteroatoms. The third-order valence-corrected chi connectivity index (χ3v) is 2.31. The largest absolute Gasteiger partial charge is 0.397 e. The molecule has 0 saturated heterocycles. The summed E-state index contributed by atoms with van der Waals surface area (Å²) in [5.74, 6) is -0.539. The van der Waals surface area contributed by atoms with Gasteiger partial charge in [0.05, 0.1) is 22.5 Å². The molecule has 1 atom stereocenters. The van der Waals surface area contributed by atoms with Gasteiger partial charge in [-0.25, -0.2) is 4.39 Å². The topological polar surface area (TPSA) is 49.5 Å². The van der Waals surface area contributed by atoms with Gasteiger partial charge in [0.1, 0.15) is 5.82 Å². The second kappa shape index (κ2) is 4.68. The highest BCUT2D eigenvalue weighted by Gasteiger charge is 2.11. The summed E-state index contributed by atoms with van der Waals surface area (Å²) in [6, 6.07) is 2.63. The zero-order valence-corrected chi connectivity index (χ0v) is 9.42. The molecule has 1 aromatic rings. The molecule has 0 fully saturated rings. The first-order valence-electron chi connectivity index (χ1n) is 4.55. The Kier molecular flexibility index (Phi) is 3.77. The number of hydrogen-bond acceptors (Lipinski definition) is 3. The van der Waals surface area contributed by atoms with Crippen molar-refractivity contribution < 1.29 is 9.50 Å². The minimum absolute atomic E-state index is 0.0247. The van der Waals surface area contributed by atoms with E-state index in [4.69, 9.17) is 17.3 Å². The molecule has 0 aliphatic carbocycles. The molecule has 0 aromatic heterocycles. The quantitative estimate of drug-likeness (QED) is 0.783. The molecule has 1 unspecified atom stereocenters. The van der Waals surface area contributed by atoms with E-state index in [2.05, 4.69) is 0 Å². The van der Waals surface area contributed by atoms with E-state index in [0.717, 1.165) is 0 Å². The molecule has 3 N–H and O–H groups in total. The first-order valence-corrected chi connectivity index (χ1v) is 4.93. The van der Waals surface area contributed by atoms with Crippen LogP contribution in [-0.2, 0) is 0 Å². The van der Waals surface area contributed by atoms with Crippen LogP contribution in [0.2, 0.25) is 5.02 Å². The number of benzene rings is 1. The molecule has 0 saturated carbocycles. The molecule has 0 aliphatic rings. The second-order valence-electron chi connectivity index (χ2n) is 3.55. The number of rotatable bonds is 3. The number of hydrogen-bond donors (Lipinski definition) is 2. The zero-order chi connectivity index (χ0) is 11.6. The van der Waals surface area contributed by atoms with Crippen molar-refractivity contribution in [3.05, 3.63) is 23.0 Å². The van der Waals surface area contributed by atoms with Gasteiger partial charge < -0.3 is 15.7 Å². The number of aliphatic hydroxyl groups excluding tert-OH is 1. The Balaban J connectivity index is 2.98. The summed E-state index contributed by atoms with van der Waals surface area (Å²) in [4.78, 5) is 1.73. The number of halogens is 2. The summed E-state index contributed by atoms with van der Waals surface area (Å²) in [5.41, 5.74) is 6.56. The molecule has 0 amide bonds. The lowest BCUT2D eigenvalue weighted by Gasteiger charge is -2.22. The fraction of sp³-hybridized carbons (Fsp3) is 0.400. The minimum Gasteiger partial charge on any atom is -0.397 e. The SMILES string of the molecule is CC(O)CN(C)c1cc(Cl)c(F)cc1N. The highest BCUT2D eigenvalue weighted by molar-refractivity contribution is 6.31. The number of likely N-dealkylation sites (N-methyl/N-ethyl adjacent to an activating group) is 1. The molecule has 0 aliphatic heterocycles. The van der Waals surface area contributed by atoms with Crippen molar-refractivity contribution in [3.63, 3.8) is 0 Å². The molecule has 0 radical (unpaired) electrons. The molecule has 1 rings (SSSR count). The van der Waals surface area contributed by atoms with Gasteiger partial charge in [0, 0.05) is 19.7 Å². The van der Waals surface area contributed by atoms with Crippen molar-refractivity contribution in [3.8, 4) is 0 Å². The van der Waals surface area contributed by atoms with Crippen LogP contribution in [0.1, 0.15) is 6.92 Å². The van der Waals surface area contributed by atoms with E-state index in [1.165, 1.54) is 12.1 Å². The van der Waals surface area contributed by atoms with Crippen molar-refractivity contribution >= 4 is 23.0 Å². The maximum atomic E-state index is 13.0. The maximum Gasteiger partial charge on any atom is 0.143 e. The van der Waals surface area contributed by atoms with Gasteiger partial charge in [0.25, 0.3) is 0 Å². The lowest BCUT2D eigenvalue weighted by Crippen LogP contribution is -2.27. The normalized spacial score (nSPS) is 12.6. The highest BCUT2D eigenvalue weighted by atomic mass is 35.5. The van der Waals surface area contributed by atoms with Crippen molar-refractivity contribution in [1.82, 2.24) is 0 Å². The molecule has 15 heavy (non-hydrogen) atoms. The van der Waals surface area contributed by atoms with E-state index >= 15 is 0 Å². The minimum atomic E-state index is -0.539. The number of anilines is 2. The van der Waals surface area contributed by atoms with Gasteiger partial charge in [0.2, 0.25) is 0 Å². The van der Waals surface area contributed by atoms with Crippen LogP contribution in [0, 0.1) is 5.82 Å². The van der Waals surface area contributed by atoms with Gasteiger partial charge in [-0.3, -0.25) is 0 Å². The third-order valence-electron chi connectivity index (χ3n) is 2.02. The summed E-state index contributed by atoms with van der Waals surface area (Å²) in [7, 11) is 1.76. The van der Waals surface area contributed by atoms with Gasteiger partial charge in [-0.1, -0.05) is 11.6 Å². The van der Waals surface area contributed by atoms with E-state index in [0.29, 0.717) is 17.9 Å². The smallest absolute Gasteiger partial charge is 0.143 e. The monoisotopic (exact) mass is 232 g/mol. The van der Waals surface area contributed by atoms with Crippen LogP contribution in [0.5, 0.6) is 0 Å². The molecule has 3 nitrogen and oxygen atoms in total. The number of nitrogens with two attached hydrogens (primary N) is 1. The lowest BCUT2D eigenvalue weighted by molar-refractivity contribution is 0.201. The predicted octanol–water partition coefficient (Wildman–Crippen LogP) is 1.88. The molecule has 0 spiro atoms. The van der Waals surface area contributed by atoms with Crippen LogP contribution in [0.15, 0.2) is 12.1 Å². The van der Waals surface area contributed by atoms with E-state index in [9.17, 15) is 9.50 Å². The Morgan fingerprint density at radius 2 is 2.20 bits per heavy atom. The van der Waals surface area contributed by atoms with Crippen LogP contribution in [0.3, 0.4) is 0 Å². The fourth-order valence-electron chi connectivity index (χ4n) is 1.38. The molecular weight excluding hydrogens is 219 g/mol. The van der Waals surface area contributed by atoms with Gasteiger partial charge in [-0.2, -0.15) is 0 Å². The fourth-order valence-corrected chi connectivity index (χ4v) is 1.53. The molecule has 84 valence electrons. The molecule has 0 heterocycles. The van der Waals surface area contributed by atoms with Crippen LogP contribution >= 0.6 is 11.6 Å². The summed E-state index contributed by atoms with van der Waals surface area (Å²) in [6.07, 6.45) is -0.488. The third kappa shape index (κ3) is 2.97. The van der Waals surface area contributed by atoms with Crippen LogP contribution < -0.4 is 10.6 Å². The van der Waals surface area contributed by atoms with E-state index in [-0.39, 0.29) is 5.02 Å². The standard InChI is InChI=1S/C10H14ClFN2O/c1-6(15)5-14(2)10-3-7(11)8(12)4-9(10)13/h3-4,6,15H,5,13H2,1-2H3. The van der Waals surface area contributed by atoms with Gasteiger partial charge in [-0.15, -0.1) is 0 Å².